The Morgan fingerprint density at radius 1 is 0.486 bits per heavy atom. The Morgan fingerprint density at radius 3 is 1.53 bits per heavy atom. The van der Waals surface area contributed by atoms with Gasteiger partial charge in [0.05, 0.1) is 89.6 Å². The number of rotatable bonds is 41. The van der Waals surface area contributed by atoms with Gasteiger partial charge < -0.3 is 99.1 Å². The minimum Gasteiger partial charge on any atom is -0.491 e. The van der Waals surface area contributed by atoms with Crippen molar-refractivity contribution in [1.82, 2.24) is 73.8 Å². The fraction of sp³-hybridized carbons (Fsp3) is 0.384. The van der Waals surface area contributed by atoms with Crippen LogP contribution in [0.5, 0.6) is 5.75 Å². The fourth-order valence-electron chi connectivity index (χ4n) is 11.4. The van der Waals surface area contributed by atoms with E-state index < -0.39 is 47.4 Å². The Balaban J connectivity index is 0.501. The topological polar surface area (TPSA) is 424 Å². The van der Waals surface area contributed by atoms with Crippen molar-refractivity contribution in [2.24, 2.45) is 40.2 Å². The van der Waals surface area contributed by atoms with Crippen molar-refractivity contribution < 1.29 is 71.6 Å². The lowest BCUT2D eigenvalue weighted by Gasteiger charge is -2.13. The number of hydrogen-bond acceptors (Lipinski definition) is 22. The molecule has 9 aromatic rings. The zero-order chi connectivity index (χ0) is 79.1. The number of carbonyl (C=O) groups is 9. The van der Waals surface area contributed by atoms with E-state index in [1.807, 2.05) is 35.8 Å². The van der Waals surface area contributed by atoms with E-state index >= 15 is 0 Å². The molecule has 588 valence electrons. The largest absolute Gasteiger partial charge is 0.491 e. The Morgan fingerprint density at radius 2 is 0.991 bits per heavy atom. The maximum atomic E-state index is 13.6. The lowest BCUT2D eigenvalue weighted by molar-refractivity contribution is -0.121. The number of nitrogens with one attached hydrogen (secondary N) is 9. The predicted octanol–water partition coefficient (Wildman–Crippen LogP) is 5.13. The van der Waals surface area contributed by atoms with Crippen LogP contribution >= 0.6 is 22.9 Å². The average Bonchev–Trinajstić information content (AvgIpc) is 1.59. The Kier molecular flexibility index (Phi) is 29.2. The molecule has 36 nitrogen and oxygen atoms in total. The van der Waals surface area contributed by atoms with Crippen LogP contribution < -0.4 is 52.6 Å². The maximum Gasteiger partial charge on any atom is 0.291 e. The first-order valence-corrected chi connectivity index (χ1v) is 36.6. The SMILES string of the molecule is Cc1sc2c(c1C)C(c1ccc(Cl)cc1)=N[C@@H](CC(=O)Nc1ccc(OCCOCCOCCOCCOCCOCCNC(=O)CCNC(=O)c3nc(NC(=O)CCNC(=O)c4cc(NC(=O)c5nc(NC(=O)CCNC(=O)c6cc(NC(=O)c7nccn7C)cn6C)cn5C)cn4C)cn3C)cc1)c1nnc(C)n1-2. The smallest absolute Gasteiger partial charge is 0.291 e. The van der Waals surface area contributed by atoms with Gasteiger partial charge in [0.25, 0.3) is 29.5 Å². The monoisotopic (exact) mass is 1570 g/mol. The fourth-order valence-corrected chi connectivity index (χ4v) is 12.7. The van der Waals surface area contributed by atoms with Gasteiger partial charge in [0.15, 0.2) is 23.3 Å². The summed E-state index contributed by atoms with van der Waals surface area (Å²) in [5.41, 5.74) is 5.43. The van der Waals surface area contributed by atoms with Crippen LogP contribution in [0.25, 0.3) is 5.00 Å². The Hall–Kier alpha value is -11.7. The number of fused-ring (bicyclic) bond motifs is 3. The highest BCUT2D eigenvalue weighted by Crippen LogP contribution is 2.40. The van der Waals surface area contributed by atoms with E-state index in [1.54, 1.807) is 87.8 Å². The molecule has 111 heavy (non-hydrogen) atoms. The van der Waals surface area contributed by atoms with E-state index in [0.29, 0.717) is 99.9 Å². The van der Waals surface area contributed by atoms with Gasteiger partial charge in [0, 0.05) is 145 Å². The van der Waals surface area contributed by atoms with Crippen molar-refractivity contribution >= 4 is 111 Å². The number of thiophene rings is 1. The second-order valence-electron chi connectivity index (χ2n) is 25.4. The molecule has 2 aromatic carbocycles. The first-order chi connectivity index (χ1) is 53.5. The summed E-state index contributed by atoms with van der Waals surface area (Å²) in [6.07, 6.45) is 8.85. The third-order valence-electron chi connectivity index (χ3n) is 17.0. The molecule has 9 amide bonds. The molecule has 0 unspecified atom stereocenters. The minimum absolute atomic E-state index is 0.00856. The molecule has 0 saturated heterocycles. The first-order valence-electron chi connectivity index (χ1n) is 35.4. The number of anilines is 5. The normalized spacial score (nSPS) is 12.3. The van der Waals surface area contributed by atoms with E-state index in [-0.39, 0.29) is 116 Å². The van der Waals surface area contributed by atoms with E-state index in [2.05, 4.69) is 86.8 Å². The number of imidazole rings is 3. The number of ether oxygens (including phenoxy) is 6. The van der Waals surface area contributed by atoms with E-state index in [9.17, 15) is 43.2 Å². The van der Waals surface area contributed by atoms with Gasteiger partial charge in [-0.1, -0.05) is 23.7 Å². The van der Waals surface area contributed by atoms with Gasteiger partial charge in [0.2, 0.25) is 35.3 Å². The van der Waals surface area contributed by atoms with Crippen LogP contribution in [0.15, 0.2) is 103 Å². The highest BCUT2D eigenvalue weighted by Gasteiger charge is 2.33. The summed E-state index contributed by atoms with van der Waals surface area (Å²) in [7, 11) is 8.04. The third kappa shape index (κ3) is 22.9. The van der Waals surface area contributed by atoms with E-state index in [1.165, 1.54) is 55.2 Å². The van der Waals surface area contributed by atoms with Crippen molar-refractivity contribution in [1.29, 1.82) is 0 Å². The zero-order valence-corrected chi connectivity index (χ0v) is 64.1. The molecule has 0 spiro atoms. The van der Waals surface area contributed by atoms with Crippen LogP contribution in [-0.4, -0.2) is 210 Å². The summed E-state index contributed by atoms with van der Waals surface area (Å²) < 4.78 is 43.2. The number of carbonyl (C=O) groups excluding carboxylic acids is 9. The molecule has 7 aromatic heterocycles. The average molecular weight is 1570 g/mol. The number of aliphatic imine (C=N–C) groups is 1. The second kappa shape index (κ2) is 39.6. The van der Waals surface area contributed by atoms with Crippen molar-refractivity contribution in [3.05, 3.63) is 165 Å². The standard InChI is InChI=1S/C73H88ClN21O15S/c1-44-45(2)111-73-62(44)63(47-9-11-48(74)12-10-47)83-53(64-89-88-46(3)95(64)73)39-61(99)80-49-13-15-52(16-14-49)110-36-35-109-34-33-108-32-31-107-30-29-106-28-27-105-26-24-75-58(96)17-20-79-70(102)66-86-56(42-93(66)7)84-59(97)18-21-78-69(101)55-38-51(41-92(55)6)82-72(104)67-87-57(43-94(67)8)85-60(98)19-22-77-68(100)54-37-50(40-91(54)5)81-71(103)65-76-23-25-90(65)4/h9-16,23,25,37-38,40-43,53H,17-22,24,26-36,39H2,1-8H3,(H,75,96)(H,77,100)(H,78,101)(H,79,102)(H,80,99)(H,81,103)(H,82,104)(H,84,97)(H,85,98)/t53-/m0/s1. The molecule has 0 saturated carbocycles. The van der Waals surface area contributed by atoms with E-state index in [4.69, 9.17) is 45.0 Å². The summed E-state index contributed by atoms with van der Waals surface area (Å²) >= 11 is 7.91. The molecule has 1 aliphatic heterocycles. The minimum atomic E-state index is -0.640. The Labute approximate surface area is 646 Å². The van der Waals surface area contributed by atoms with Gasteiger partial charge in [-0.2, -0.15) is 0 Å². The molecule has 0 bridgehead atoms. The van der Waals surface area contributed by atoms with Gasteiger partial charge in [-0.3, -0.25) is 52.7 Å². The molecule has 1 atom stereocenters. The highest BCUT2D eigenvalue weighted by atomic mass is 35.5. The van der Waals surface area contributed by atoms with Crippen LogP contribution in [0.3, 0.4) is 0 Å². The van der Waals surface area contributed by atoms with Crippen molar-refractivity contribution in [3.8, 4) is 10.8 Å². The summed E-state index contributed by atoms with van der Waals surface area (Å²) in [5, 5.41) is 34.8. The first kappa shape index (κ1) is 81.8. The maximum absolute atomic E-state index is 13.6. The molecule has 0 fully saturated rings. The van der Waals surface area contributed by atoms with Crippen molar-refractivity contribution in [2.45, 2.75) is 52.5 Å². The molecule has 38 heteroatoms. The van der Waals surface area contributed by atoms with Gasteiger partial charge >= 0.3 is 0 Å². The molecule has 9 N–H and O–H groups in total. The van der Waals surface area contributed by atoms with Gasteiger partial charge in [0.1, 0.15) is 40.6 Å². The Bertz CT molecular complexity index is 4820. The molecular weight excluding hydrogens is 1480 g/mol. The molecule has 10 rings (SSSR count). The number of halogens is 1. The number of hydrogen-bond donors (Lipinski definition) is 9. The zero-order valence-electron chi connectivity index (χ0n) is 62.5. The summed E-state index contributed by atoms with van der Waals surface area (Å²) in [6, 6.07) is 17.0. The predicted molar refractivity (Wildman–Crippen MR) is 410 cm³/mol. The van der Waals surface area contributed by atoms with Crippen LogP contribution in [0.4, 0.5) is 28.7 Å². The highest BCUT2D eigenvalue weighted by molar-refractivity contribution is 7.15. The summed E-state index contributed by atoms with van der Waals surface area (Å²) in [4.78, 5) is 135. The third-order valence-corrected chi connectivity index (χ3v) is 18.5. The molecule has 8 heterocycles. The number of nitrogens with zero attached hydrogens (tertiary/aromatic N) is 12. The van der Waals surface area contributed by atoms with E-state index in [0.717, 1.165) is 32.3 Å². The van der Waals surface area contributed by atoms with Gasteiger partial charge in [-0.05, 0) is 74.9 Å². The number of aromatic nitrogens is 11. The van der Waals surface area contributed by atoms with Gasteiger partial charge in [-0.25, -0.2) is 15.0 Å². The molecular formula is C73H88ClN21O15S. The second-order valence-corrected chi connectivity index (χ2v) is 27.0. The summed E-state index contributed by atoms with van der Waals surface area (Å²) in [5.74, 6) is -1.95. The molecule has 1 aliphatic rings. The molecule has 0 radical (unpaired) electrons. The lowest BCUT2D eigenvalue weighted by Crippen LogP contribution is -2.33. The quantitative estimate of drug-likeness (QED) is 0.0224. The van der Waals surface area contributed by atoms with Crippen LogP contribution in [0.2, 0.25) is 5.02 Å². The summed E-state index contributed by atoms with van der Waals surface area (Å²) in [6.45, 7) is 10.1. The van der Waals surface area contributed by atoms with Crippen LogP contribution in [0, 0.1) is 20.8 Å². The lowest BCUT2D eigenvalue weighted by atomic mass is 9.99. The van der Waals surface area contributed by atoms with Crippen molar-refractivity contribution in [3.63, 3.8) is 0 Å². The number of aryl methyl sites for hydroxylation is 7. The van der Waals surface area contributed by atoms with Gasteiger partial charge in [-0.15, -0.1) is 21.5 Å². The van der Waals surface area contributed by atoms with Crippen molar-refractivity contribution in [2.75, 3.05) is 125 Å². The van der Waals surface area contributed by atoms with Crippen LogP contribution in [-0.2, 0) is 78.1 Å². The molecule has 0 aliphatic carbocycles. The number of benzene rings is 2. The number of amides is 9. The van der Waals surface area contributed by atoms with Crippen LogP contribution in [0.1, 0.15) is 118 Å².